The molecule has 2 heterocycles. The largest absolute Gasteiger partial charge is 0.489 e. The first-order valence-corrected chi connectivity index (χ1v) is 7.15. The van der Waals surface area contributed by atoms with Gasteiger partial charge in [-0.3, -0.25) is 0 Å². The maximum atomic E-state index is 5.71. The Balaban J connectivity index is 2.03. The Hall–Kier alpha value is -1.75. The van der Waals surface area contributed by atoms with Crippen molar-refractivity contribution in [3.63, 3.8) is 0 Å². The number of H-pyrrole nitrogens is 1. The van der Waals surface area contributed by atoms with Crippen molar-refractivity contribution >= 4 is 11.0 Å². The molecule has 2 N–H and O–H groups in total. The van der Waals surface area contributed by atoms with E-state index < -0.39 is 0 Å². The second-order valence-corrected chi connectivity index (χ2v) is 5.61. The van der Waals surface area contributed by atoms with Crippen molar-refractivity contribution in [1.29, 1.82) is 0 Å². The number of rotatable bonds is 3. The van der Waals surface area contributed by atoms with Crippen molar-refractivity contribution in [2.24, 2.45) is 0 Å². The number of hydrogen-bond acceptors (Lipinski definition) is 4. The van der Waals surface area contributed by atoms with Crippen LogP contribution in [0.4, 0.5) is 0 Å². The van der Waals surface area contributed by atoms with Gasteiger partial charge in [0, 0.05) is 18.6 Å². The molecule has 108 valence electrons. The number of nitrogens with zero attached hydrogens (tertiary/aromatic N) is 1. The summed E-state index contributed by atoms with van der Waals surface area (Å²) in [5, 5.41) is 3.42. The van der Waals surface area contributed by atoms with E-state index >= 15 is 0 Å². The van der Waals surface area contributed by atoms with E-state index in [0.29, 0.717) is 13.2 Å². The molecule has 0 amide bonds. The van der Waals surface area contributed by atoms with Gasteiger partial charge in [-0.1, -0.05) is 6.92 Å². The molecule has 1 aliphatic rings. The Bertz CT molecular complexity index is 576. The highest BCUT2D eigenvalue weighted by Crippen LogP contribution is 2.34. The summed E-state index contributed by atoms with van der Waals surface area (Å²) in [4.78, 5) is 8.07. The van der Waals surface area contributed by atoms with E-state index in [4.69, 9.17) is 9.47 Å². The van der Waals surface area contributed by atoms with Crippen LogP contribution in [0.1, 0.15) is 33.0 Å². The summed E-state index contributed by atoms with van der Waals surface area (Å²) in [7, 11) is 0. The summed E-state index contributed by atoms with van der Waals surface area (Å²) < 4.78 is 11.4. The molecule has 20 heavy (non-hydrogen) atoms. The molecular weight excluding hydrogens is 254 g/mol. The molecule has 5 heteroatoms. The lowest BCUT2D eigenvalue weighted by Gasteiger charge is -2.22. The van der Waals surface area contributed by atoms with Gasteiger partial charge in [-0.05, 0) is 20.4 Å². The normalized spacial score (nSPS) is 15.3. The summed E-state index contributed by atoms with van der Waals surface area (Å²) in [6.07, 6.45) is 0.911. The van der Waals surface area contributed by atoms with Gasteiger partial charge in [-0.25, -0.2) is 4.98 Å². The predicted molar refractivity (Wildman–Crippen MR) is 78.4 cm³/mol. The number of aromatic amines is 1. The second kappa shape index (κ2) is 4.98. The Labute approximate surface area is 118 Å². The number of fused-ring (bicyclic) bond motifs is 2. The maximum Gasteiger partial charge on any atom is 0.163 e. The summed E-state index contributed by atoms with van der Waals surface area (Å²) in [6, 6.07) is 3.94. The fraction of sp³-hybridized carbons (Fsp3) is 0.533. The molecule has 0 unspecified atom stereocenters. The molecule has 0 bridgehead atoms. The standard InChI is InChI=1S/C15H21N3O2/c1-4-16-15(2,3)14-17-10-8-12-13(9-11(10)18-14)20-7-5-6-19-12/h8-9,16H,4-7H2,1-3H3,(H,17,18). The Morgan fingerprint density at radius 2 is 1.95 bits per heavy atom. The minimum absolute atomic E-state index is 0.188. The molecule has 1 aromatic carbocycles. The maximum absolute atomic E-state index is 5.71. The lowest BCUT2D eigenvalue weighted by atomic mass is 10.1. The first-order valence-electron chi connectivity index (χ1n) is 7.15. The van der Waals surface area contributed by atoms with Gasteiger partial charge in [0.05, 0.1) is 29.8 Å². The fourth-order valence-electron chi connectivity index (χ4n) is 2.49. The Morgan fingerprint density at radius 1 is 1.25 bits per heavy atom. The van der Waals surface area contributed by atoms with Gasteiger partial charge in [0.2, 0.25) is 0 Å². The molecule has 0 spiro atoms. The zero-order valence-electron chi connectivity index (χ0n) is 12.2. The summed E-state index contributed by atoms with van der Waals surface area (Å²) in [5.74, 6) is 2.51. The van der Waals surface area contributed by atoms with E-state index in [1.807, 2.05) is 12.1 Å². The van der Waals surface area contributed by atoms with Crippen molar-refractivity contribution in [2.75, 3.05) is 19.8 Å². The molecule has 2 aromatic rings. The number of aromatic nitrogens is 2. The SMILES string of the molecule is CCNC(C)(C)c1nc2cc3c(cc2[nH]1)OCCCO3. The molecule has 0 atom stereocenters. The summed E-state index contributed by atoms with van der Waals surface area (Å²) in [5.41, 5.74) is 1.71. The third-order valence-electron chi connectivity index (χ3n) is 3.56. The average molecular weight is 275 g/mol. The topological polar surface area (TPSA) is 59.2 Å². The molecule has 0 radical (unpaired) electrons. The molecule has 0 saturated carbocycles. The van der Waals surface area contributed by atoms with Crippen LogP contribution in [0.25, 0.3) is 11.0 Å². The molecule has 3 rings (SSSR count). The molecule has 0 aliphatic carbocycles. The molecule has 5 nitrogen and oxygen atoms in total. The smallest absolute Gasteiger partial charge is 0.163 e. The van der Waals surface area contributed by atoms with E-state index in [1.165, 1.54) is 0 Å². The van der Waals surface area contributed by atoms with Crippen LogP contribution >= 0.6 is 0 Å². The zero-order chi connectivity index (χ0) is 14.2. The highest BCUT2D eigenvalue weighted by atomic mass is 16.5. The number of nitrogens with one attached hydrogen (secondary N) is 2. The van der Waals surface area contributed by atoms with Crippen LogP contribution in [0.3, 0.4) is 0 Å². The number of benzene rings is 1. The van der Waals surface area contributed by atoms with Crippen LogP contribution in [0.2, 0.25) is 0 Å². The van der Waals surface area contributed by atoms with Crippen molar-refractivity contribution < 1.29 is 9.47 Å². The lowest BCUT2D eigenvalue weighted by molar-refractivity contribution is 0.297. The quantitative estimate of drug-likeness (QED) is 0.904. The fourth-order valence-corrected chi connectivity index (χ4v) is 2.49. The van der Waals surface area contributed by atoms with Crippen LogP contribution in [-0.2, 0) is 5.54 Å². The highest BCUT2D eigenvalue weighted by molar-refractivity contribution is 5.80. The van der Waals surface area contributed by atoms with Gasteiger partial charge in [-0.2, -0.15) is 0 Å². The van der Waals surface area contributed by atoms with E-state index in [1.54, 1.807) is 0 Å². The van der Waals surface area contributed by atoms with Gasteiger partial charge in [0.25, 0.3) is 0 Å². The van der Waals surface area contributed by atoms with Crippen LogP contribution in [0.15, 0.2) is 12.1 Å². The number of imidazole rings is 1. The first kappa shape index (κ1) is 13.2. The number of hydrogen-bond donors (Lipinski definition) is 2. The summed E-state index contributed by atoms with van der Waals surface area (Å²) >= 11 is 0. The minimum atomic E-state index is -0.188. The molecular formula is C15H21N3O2. The highest BCUT2D eigenvalue weighted by Gasteiger charge is 2.24. The third-order valence-corrected chi connectivity index (χ3v) is 3.56. The van der Waals surface area contributed by atoms with Crippen LogP contribution in [0.5, 0.6) is 11.5 Å². The molecule has 0 fully saturated rings. The van der Waals surface area contributed by atoms with Crippen molar-refractivity contribution in [3.05, 3.63) is 18.0 Å². The van der Waals surface area contributed by atoms with Crippen LogP contribution in [-0.4, -0.2) is 29.7 Å². The monoisotopic (exact) mass is 275 g/mol. The van der Waals surface area contributed by atoms with Crippen molar-refractivity contribution in [2.45, 2.75) is 32.7 Å². The van der Waals surface area contributed by atoms with Gasteiger partial charge in [0.15, 0.2) is 11.5 Å². The second-order valence-electron chi connectivity index (χ2n) is 5.61. The number of ether oxygens (including phenoxy) is 2. The van der Waals surface area contributed by atoms with Crippen LogP contribution in [0, 0.1) is 0 Å². The molecule has 0 saturated heterocycles. The first-order chi connectivity index (χ1) is 9.60. The van der Waals surface area contributed by atoms with Gasteiger partial charge >= 0.3 is 0 Å². The Kier molecular flexibility index (Phi) is 3.30. The van der Waals surface area contributed by atoms with E-state index in [9.17, 15) is 0 Å². The van der Waals surface area contributed by atoms with E-state index in [2.05, 4.69) is 36.1 Å². The van der Waals surface area contributed by atoms with Gasteiger partial charge in [-0.15, -0.1) is 0 Å². The van der Waals surface area contributed by atoms with E-state index in [-0.39, 0.29) is 5.54 Å². The van der Waals surface area contributed by atoms with Crippen LogP contribution < -0.4 is 14.8 Å². The van der Waals surface area contributed by atoms with E-state index in [0.717, 1.165) is 41.3 Å². The zero-order valence-corrected chi connectivity index (χ0v) is 12.2. The van der Waals surface area contributed by atoms with Crippen molar-refractivity contribution in [1.82, 2.24) is 15.3 Å². The van der Waals surface area contributed by atoms with Crippen molar-refractivity contribution in [3.8, 4) is 11.5 Å². The Morgan fingerprint density at radius 3 is 2.65 bits per heavy atom. The summed E-state index contributed by atoms with van der Waals surface area (Å²) in [6.45, 7) is 8.61. The minimum Gasteiger partial charge on any atom is -0.489 e. The average Bonchev–Trinajstić information content (AvgIpc) is 2.68. The molecule has 1 aromatic heterocycles. The van der Waals surface area contributed by atoms with Gasteiger partial charge < -0.3 is 19.8 Å². The predicted octanol–water partition coefficient (Wildman–Crippen LogP) is 2.57. The lowest BCUT2D eigenvalue weighted by Crippen LogP contribution is -2.37. The molecule has 1 aliphatic heterocycles. The van der Waals surface area contributed by atoms with Gasteiger partial charge in [0.1, 0.15) is 5.82 Å². The third kappa shape index (κ3) is 2.33.